The first kappa shape index (κ1) is 19.7. The van der Waals surface area contributed by atoms with Gasteiger partial charge in [-0.2, -0.15) is 0 Å². The number of aromatic nitrogens is 1. The molecule has 25 heavy (non-hydrogen) atoms. The van der Waals surface area contributed by atoms with Crippen molar-refractivity contribution in [2.45, 2.75) is 57.8 Å². The minimum atomic E-state index is -0.424. The second-order valence-electron chi connectivity index (χ2n) is 7.37. The number of carbonyl (C=O) groups is 1. The number of aryl methyl sites for hydroxylation is 1. The molecular formula is C20H33N3O2. The van der Waals surface area contributed by atoms with Gasteiger partial charge in [-0.05, 0) is 57.8 Å². The molecule has 1 N–H and O–H groups in total. The molecule has 0 spiro atoms. The summed E-state index contributed by atoms with van der Waals surface area (Å²) in [5.74, 6) is 1.25. The number of rotatable bonds is 9. The number of carbonyl (C=O) groups excluding carboxylic acids is 1. The van der Waals surface area contributed by atoms with Crippen molar-refractivity contribution in [3.05, 3.63) is 23.9 Å². The van der Waals surface area contributed by atoms with Crippen LogP contribution in [0, 0.1) is 5.92 Å². The van der Waals surface area contributed by atoms with Gasteiger partial charge in [0.05, 0.1) is 0 Å². The third kappa shape index (κ3) is 8.34. The Morgan fingerprint density at radius 3 is 2.72 bits per heavy atom. The van der Waals surface area contributed by atoms with Gasteiger partial charge in [-0.3, -0.25) is 0 Å². The van der Waals surface area contributed by atoms with Crippen LogP contribution in [0.3, 0.4) is 0 Å². The summed E-state index contributed by atoms with van der Waals surface area (Å²) in [7, 11) is 4.10. The zero-order chi connectivity index (χ0) is 17.9. The van der Waals surface area contributed by atoms with E-state index in [1.54, 1.807) is 6.07 Å². The summed E-state index contributed by atoms with van der Waals surface area (Å²) in [4.78, 5) is 18.1. The van der Waals surface area contributed by atoms with E-state index in [-0.39, 0.29) is 0 Å². The smallest absolute Gasteiger partial charge is 0.391 e. The number of ether oxygens (including phenoxy) is 1. The zero-order valence-electron chi connectivity index (χ0n) is 15.8. The fourth-order valence-corrected chi connectivity index (χ4v) is 3.34. The minimum absolute atomic E-state index is 0.368. The molecule has 1 aromatic rings. The van der Waals surface area contributed by atoms with Crippen LogP contribution in [0.5, 0.6) is 5.88 Å². The molecule has 1 heterocycles. The second-order valence-corrected chi connectivity index (χ2v) is 7.37. The van der Waals surface area contributed by atoms with Crippen LogP contribution in [-0.2, 0) is 6.42 Å². The highest BCUT2D eigenvalue weighted by molar-refractivity contribution is 5.69. The highest BCUT2D eigenvalue weighted by Crippen LogP contribution is 2.27. The number of nitrogens with one attached hydrogen (secondary N) is 1. The predicted molar refractivity (Wildman–Crippen MR) is 101 cm³/mol. The van der Waals surface area contributed by atoms with Gasteiger partial charge in [-0.15, -0.1) is 0 Å². The number of hydrogen-bond acceptors (Lipinski definition) is 4. The molecule has 2 rings (SSSR count). The fraction of sp³-hybridized carbons (Fsp3) is 0.700. The van der Waals surface area contributed by atoms with Gasteiger partial charge in [0.2, 0.25) is 5.88 Å². The van der Waals surface area contributed by atoms with Crippen molar-refractivity contribution in [1.82, 2.24) is 15.2 Å². The Morgan fingerprint density at radius 2 is 2.04 bits per heavy atom. The molecule has 1 saturated carbocycles. The summed E-state index contributed by atoms with van der Waals surface area (Å²) in [5.41, 5.74) is 1.22. The van der Waals surface area contributed by atoms with E-state index in [0.717, 1.165) is 31.7 Å². The van der Waals surface area contributed by atoms with E-state index in [9.17, 15) is 4.79 Å². The van der Waals surface area contributed by atoms with Crippen LogP contribution in [-0.4, -0.2) is 43.2 Å². The van der Waals surface area contributed by atoms with E-state index >= 15 is 0 Å². The first-order valence-corrected chi connectivity index (χ1v) is 9.69. The van der Waals surface area contributed by atoms with E-state index in [2.05, 4.69) is 15.2 Å². The Bertz CT molecular complexity index is 496. The standard InChI is InChI=1S/C20H33N3O2/c1-23(2)15-7-6-14-21-20(24)25-19-13-12-18(16-22-19)11-10-17-8-4-3-5-9-17/h12-13,16-17H,3-11,14-15H2,1-2H3,(H,21,24). The highest BCUT2D eigenvalue weighted by Gasteiger charge is 2.13. The maximum Gasteiger partial charge on any atom is 0.413 e. The van der Waals surface area contributed by atoms with E-state index in [1.165, 1.54) is 44.1 Å². The average molecular weight is 348 g/mol. The van der Waals surface area contributed by atoms with Crippen LogP contribution in [0.2, 0.25) is 0 Å². The Labute approximate surface area is 152 Å². The monoisotopic (exact) mass is 347 g/mol. The first-order chi connectivity index (χ1) is 12.1. The van der Waals surface area contributed by atoms with Crippen molar-refractivity contribution in [1.29, 1.82) is 0 Å². The minimum Gasteiger partial charge on any atom is -0.391 e. The van der Waals surface area contributed by atoms with Gasteiger partial charge >= 0.3 is 6.09 Å². The Kier molecular flexibility index (Phi) is 8.73. The lowest BCUT2D eigenvalue weighted by Gasteiger charge is -2.21. The second kappa shape index (κ2) is 11.1. The van der Waals surface area contributed by atoms with Crippen LogP contribution in [0.1, 0.15) is 56.9 Å². The maximum absolute atomic E-state index is 11.7. The van der Waals surface area contributed by atoms with Gasteiger partial charge in [0, 0.05) is 18.8 Å². The molecular weight excluding hydrogens is 314 g/mol. The third-order valence-corrected chi connectivity index (χ3v) is 4.86. The van der Waals surface area contributed by atoms with Crippen LogP contribution in [0.25, 0.3) is 0 Å². The first-order valence-electron chi connectivity index (χ1n) is 9.69. The summed E-state index contributed by atoms with van der Waals surface area (Å²) in [6.45, 7) is 1.66. The Morgan fingerprint density at radius 1 is 1.24 bits per heavy atom. The molecule has 1 aliphatic rings. The van der Waals surface area contributed by atoms with E-state index in [0.29, 0.717) is 12.4 Å². The third-order valence-electron chi connectivity index (χ3n) is 4.86. The molecule has 5 heteroatoms. The van der Waals surface area contributed by atoms with Gasteiger partial charge in [-0.1, -0.05) is 38.2 Å². The lowest BCUT2D eigenvalue weighted by Crippen LogP contribution is -2.28. The summed E-state index contributed by atoms with van der Waals surface area (Å²) >= 11 is 0. The number of unbranched alkanes of at least 4 members (excludes halogenated alkanes) is 1. The molecule has 1 aromatic heterocycles. The van der Waals surface area contributed by atoms with Crippen LogP contribution in [0.15, 0.2) is 18.3 Å². The van der Waals surface area contributed by atoms with Crippen LogP contribution < -0.4 is 10.1 Å². The van der Waals surface area contributed by atoms with E-state index in [1.807, 2.05) is 26.4 Å². The SMILES string of the molecule is CN(C)CCCCNC(=O)Oc1ccc(CCC2CCCCC2)cn1. The van der Waals surface area contributed by atoms with Crippen molar-refractivity contribution in [3.63, 3.8) is 0 Å². The lowest BCUT2D eigenvalue weighted by molar-refractivity contribution is 0.198. The molecule has 0 aromatic carbocycles. The number of amides is 1. The van der Waals surface area contributed by atoms with Gasteiger partial charge in [0.15, 0.2) is 0 Å². The highest BCUT2D eigenvalue weighted by atomic mass is 16.6. The molecule has 0 bridgehead atoms. The topological polar surface area (TPSA) is 54.5 Å². The van der Waals surface area contributed by atoms with Gasteiger partial charge in [-0.25, -0.2) is 9.78 Å². The zero-order valence-corrected chi connectivity index (χ0v) is 15.8. The van der Waals surface area contributed by atoms with Gasteiger partial charge in [0.1, 0.15) is 0 Å². The lowest BCUT2D eigenvalue weighted by atomic mass is 9.85. The Hall–Kier alpha value is -1.62. The molecule has 0 radical (unpaired) electrons. The normalized spacial score (nSPS) is 15.3. The largest absolute Gasteiger partial charge is 0.413 e. The van der Waals surface area contributed by atoms with Crippen molar-refractivity contribution in [3.8, 4) is 5.88 Å². The number of pyridine rings is 1. The van der Waals surface area contributed by atoms with E-state index in [4.69, 9.17) is 4.74 Å². The summed E-state index contributed by atoms with van der Waals surface area (Å²) in [6.07, 6.45) is 12.7. The molecule has 1 amide bonds. The van der Waals surface area contributed by atoms with Gasteiger partial charge < -0.3 is 15.0 Å². The van der Waals surface area contributed by atoms with Crippen LogP contribution in [0.4, 0.5) is 4.79 Å². The van der Waals surface area contributed by atoms with E-state index < -0.39 is 6.09 Å². The van der Waals surface area contributed by atoms with Gasteiger partial charge in [0.25, 0.3) is 0 Å². The molecule has 140 valence electrons. The molecule has 0 atom stereocenters. The quantitative estimate of drug-likeness (QED) is 0.685. The Balaban J connectivity index is 1.62. The predicted octanol–water partition coefficient (Wildman–Crippen LogP) is 4.02. The number of nitrogens with zero attached hydrogens (tertiary/aromatic N) is 2. The summed E-state index contributed by atoms with van der Waals surface area (Å²) in [5, 5.41) is 2.77. The fourth-order valence-electron chi connectivity index (χ4n) is 3.34. The molecule has 5 nitrogen and oxygen atoms in total. The molecule has 1 aliphatic carbocycles. The molecule has 1 fully saturated rings. The maximum atomic E-state index is 11.7. The average Bonchev–Trinajstić information content (AvgIpc) is 2.61. The molecule has 0 aliphatic heterocycles. The van der Waals surface area contributed by atoms with Crippen molar-refractivity contribution in [2.24, 2.45) is 5.92 Å². The van der Waals surface area contributed by atoms with Crippen molar-refractivity contribution in [2.75, 3.05) is 27.2 Å². The summed E-state index contributed by atoms with van der Waals surface area (Å²) in [6, 6.07) is 3.82. The van der Waals surface area contributed by atoms with Crippen molar-refractivity contribution < 1.29 is 9.53 Å². The van der Waals surface area contributed by atoms with Crippen LogP contribution >= 0.6 is 0 Å². The molecule has 0 unspecified atom stereocenters. The summed E-state index contributed by atoms with van der Waals surface area (Å²) < 4.78 is 5.22. The molecule has 0 saturated heterocycles. The number of hydrogen-bond donors (Lipinski definition) is 1. The van der Waals surface area contributed by atoms with Crippen molar-refractivity contribution >= 4 is 6.09 Å².